The zero-order chi connectivity index (χ0) is 11.2. The molecule has 0 saturated carbocycles. The molecule has 82 valence electrons. The first-order valence-corrected chi connectivity index (χ1v) is 7.32. The summed E-state index contributed by atoms with van der Waals surface area (Å²) >= 11 is 2.43. The molecular weight excluding hydrogens is 256 g/mol. The number of carbonyl (C=O) groups is 1. The number of thioether (sulfide) groups is 1. The van der Waals surface area contributed by atoms with Crippen LogP contribution in [0.3, 0.4) is 0 Å². The average Bonchev–Trinajstić information content (AvgIpc) is 2.46. The van der Waals surface area contributed by atoms with Gasteiger partial charge in [0.2, 0.25) is 0 Å². The van der Waals surface area contributed by atoms with Gasteiger partial charge in [-0.2, -0.15) is 8.42 Å². The van der Waals surface area contributed by atoms with Crippen molar-refractivity contribution in [1.82, 2.24) is 0 Å². The third kappa shape index (κ3) is 2.10. The number of carbonyl (C=O) groups excluding carboxylic acids is 1. The Balaban J connectivity index is 2.53. The maximum Gasteiger partial charge on any atom is 0.304 e. The first-order valence-electron chi connectivity index (χ1n) is 4.19. The lowest BCUT2D eigenvalue weighted by Crippen LogP contribution is -2.12. The van der Waals surface area contributed by atoms with Gasteiger partial charge in [-0.25, -0.2) is 0 Å². The van der Waals surface area contributed by atoms with Crippen LogP contribution in [0.15, 0.2) is 14.5 Å². The zero-order valence-electron chi connectivity index (χ0n) is 7.76. The highest BCUT2D eigenvalue weighted by Crippen LogP contribution is 2.41. The van der Waals surface area contributed by atoms with Crippen LogP contribution in [-0.4, -0.2) is 24.0 Å². The summed E-state index contributed by atoms with van der Waals surface area (Å²) in [6.07, 6.45) is 0.416. The summed E-state index contributed by atoms with van der Waals surface area (Å²) in [4.78, 5) is 11.6. The van der Waals surface area contributed by atoms with Crippen LogP contribution in [0.2, 0.25) is 0 Å². The van der Waals surface area contributed by atoms with E-state index in [1.807, 2.05) is 6.92 Å². The fraction of sp³-hybridized carbons (Fsp3) is 0.375. The third-order valence-corrected chi connectivity index (χ3v) is 5.79. The van der Waals surface area contributed by atoms with Crippen molar-refractivity contribution in [2.75, 3.05) is 0 Å². The molecule has 15 heavy (non-hydrogen) atoms. The molecule has 0 bridgehead atoms. The molecule has 1 aliphatic heterocycles. The van der Waals surface area contributed by atoms with E-state index in [9.17, 15) is 13.2 Å². The van der Waals surface area contributed by atoms with Gasteiger partial charge in [0, 0.05) is 17.2 Å². The molecule has 0 aromatic carbocycles. The van der Waals surface area contributed by atoms with E-state index in [0.29, 0.717) is 16.2 Å². The zero-order valence-corrected chi connectivity index (χ0v) is 10.2. The van der Waals surface area contributed by atoms with Gasteiger partial charge < -0.3 is 0 Å². The predicted octanol–water partition coefficient (Wildman–Crippen LogP) is 2.06. The Bertz CT molecular complexity index is 514. The molecule has 1 atom stereocenters. The van der Waals surface area contributed by atoms with Crippen molar-refractivity contribution in [2.24, 2.45) is 0 Å². The van der Waals surface area contributed by atoms with E-state index in [2.05, 4.69) is 0 Å². The first kappa shape index (κ1) is 11.1. The number of hydrogen-bond donors (Lipinski definition) is 1. The molecule has 2 rings (SSSR count). The minimum atomic E-state index is -4.18. The summed E-state index contributed by atoms with van der Waals surface area (Å²) in [5.74, 6) is -0.0533. The number of fused-ring (bicyclic) bond motifs is 1. The lowest BCUT2D eigenvalue weighted by Gasteiger charge is -2.15. The number of Topliss-reactive ketones (excluding diaryl/α,β-unsaturated/α-hetero) is 1. The Labute approximate surface area is 95.4 Å². The van der Waals surface area contributed by atoms with Crippen LogP contribution >= 0.6 is 23.1 Å². The van der Waals surface area contributed by atoms with Gasteiger partial charge in [0.1, 0.15) is 4.21 Å². The van der Waals surface area contributed by atoms with Gasteiger partial charge in [0.15, 0.2) is 5.78 Å². The Morgan fingerprint density at radius 1 is 1.53 bits per heavy atom. The molecule has 7 heteroatoms. The van der Waals surface area contributed by atoms with Crippen molar-refractivity contribution < 1.29 is 17.8 Å². The summed E-state index contributed by atoms with van der Waals surface area (Å²) in [7, 11) is -4.18. The van der Waals surface area contributed by atoms with Crippen molar-refractivity contribution >= 4 is 39.0 Å². The average molecular weight is 264 g/mol. The Kier molecular flexibility index (Phi) is 2.66. The van der Waals surface area contributed by atoms with Crippen LogP contribution in [0, 0.1) is 0 Å². The Morgan fingerprint density at radius 3 is 2.80 bits per heavy atom. The molecule has 0 saturated heterocycles. The molecule has 2 heterocycles. The second-order valence-corrected chi connectivity index (χ2v) is 7.71. The van der Waals surface area contributed by atoms with E-state index in [-0.39, 0.29) is 15.2 Å². The molecule has 0 spiro atoms. The molecule has 0 radical (unpaired) electrons. The first-order chi connectivity index (χ1) is 6.88. The van der Waals surface area contributed by atoms with E-state index in [4.69, 9.17) is 4.55 Å². The molecule has 0 unspecified atom stereocenters. The molecule has 0 fully saturated rings. The van der Waals surface area contributed by atoms with Crippen LogP contribution in [0.25, 0.3) is 0 Å². The van der Waals surface area contributed by atoms with E-state index in [1.54, 1.807) is 0 Å². The van der Waals surface area contributed by atoms with Gasteiger partial charge in [0.25, 0.3) is 0 Å². The van der Waals surface area contributed by atoms with Gasteiger partial charge in [0.05, 0.1) is 4.21 Å². The van der Waals surface area contributed by atoms with Crippen LogP contribution in [0.1, 0.15) is 23.7 Å². The smallest absolute Gasteiger partial charge is 0.294 e. The maximum absolute atomic E-state index is 11.6. The monoisotopic (exact) mass is 264 g/mol. The van der Waals surface area contributed by atoms with Gasteiger partial charge in [-0.3, -0.25) is 9.35 Å². The second-order valence-electron chi connectivity index (χ2n) is 3.30. The van der Waals surface area contributed by atoms with Gasteiger partial charge in [-0.15, -0.1) is 23.1 Å². The fourth-order valence-electron chi connectivity index (χ4n) is 1.36. The van der Waals surface area contributed by atoms with Crippen LogP contribution in [0.5, 0.6) is 0 Å². The predicted molar refractivity (Wildman–Crippen MR) is 58.4 cm³/mol. The lowest BCUT2D eigenvalue weighted by atomic mass is 10.1. The van der Waals surface area contributed by atoms with Crippen LogP contribution in [0.4, 0.5) is 0 Å². The molecular formula is C8H8O4S3. The Morgan fingerprint density at radius 2 is 2.20 bits per heavy atom. The standard InChI is InChI=1S/C8H8O4S3/c1-4-2-6(9)5-3-7(15(10,11)12)14-8(5)13-4/h3-4H,2H2,1H3,(H,10,11,12)/t4-/m0/s1. The minimum absolute atomic E-state index is 0.0533. The summed E-state index contributed by atoms with van der Waals surface area (Å²) in [6, 6.07) is 1.26. The molecule has 4 nitrogen and oxygen atoms in total. The number of rotatable bonds is 1. The lowest BCUT2D eigenvalue weighted by molar-refractivity contribution is 0.0979. The summed E-state index contributed by atoms with van der Waals surface area (Å²) in [6.45, 7) is 1.92. The second kappa shape index (κ2) is 3.58. The quantitative estimate of drug-likeness (QED) is 0.786. The molecule has 1 aromatic rings. The van der Waals surface area contributed by atoms with Crippen molar-refractivity contribution in [1.29, 1.82) is 0 Å². The number of hydrogen-bond acceptors (Lipinski definition) is 5. The minimum Gasteiger partial charge on any atom is -0.294 e. The van der Waals surface area contributed by atoms with Crippen LogP contribution < -0.4 is 0 Å². The fourth-order valence-corrected chi connectivity index (χ4v) is 4.95. The van der Waals surface area contributed by atoms with Gasteiger partial charge in [-0.1, -0.05) is 6.92 Å². The molecule has 0 amide bonds. The number of ketones is 1. The third-order valence-electron chi connectivity index (χ3n) is 2.01. The molecule has 1 aromatic heterocycles. The summed E-state index contributed by atoms with van der Waals surface area (Å²) in [5.41, 5.74) is 0.427. The highest BCUT2D eigenvalue weighted by molar-refractivity contribution is 8.02. The molecule has 1 N–H and O–H groups in total. The summed E-state index contributed by atoms with van der Waals surface area (Å²) < 4.78 is 31.2. The van der Waals surface area contributed by atoms with Gasteiger partial charge in [-0.05, 0) is 6.07 Å². The van der Waals surface area contributed by atoms with Crippen molar-refractivity contribution in [3.8, 4) is 0 Å². The highest BCUT2D eigenvalue weighted by atomic mass is 32.3. The van der Waals surface area contributed by atoms with Gasteiger partial charge >= 0.3 is 10.1 Å². The normalized spacial score (nSPS) is 21.5. The van der Waals surface area contributed by atoms with E-state index in [0.717, 1.165) is 11.3 Å². The summed E-state index contributed by atoms with van der Waals surface area (Å²) in [5, 5.41) is 0.165. The van der Waals surface area contributed by atoms with E-state index in [1.165, 1.54) is 17.8 Å². The maximum atomic E-state index is 11.6. The topological polar surface area (TPSA) is 71.4 Å². The Hall–Kier alpha value is -0.370. The number of thiophene rings is 1. The highest BCUT2D eigenvalue weighted by Gasteiger charge is 2.28. The molecule has 0 aliphatic carbocycles. The SMILES string of the molecule is C[C@H]1CC(=O)c2cc(S(=O)(=O)O)sc2S1. The van der Waals surface area contributed by atoms with Crippen molar-refractivity contribution in [3.63, 3.8) is 0 Å². The molecule has 1 aliphatic rings. The van der Waals surface area contributed by atoms with Crippen LogP contribution in [-0.2, 0) is 10.1 Å². The van der Waals surface area contributed by atoms with Crippen molar-refractivity contribution in [2.45, 2.75) is 27.0 Å². The largest absolute Gasteiger partial charge is 0.304 e. The van der Waals surface area contributed by atoms with E-state index >= 15 is 0 Å². The van der Waals surface area contributed by atoms with E-state index < -0.39 is 10.1 Å². The van der Waals surface area contributed by atoms with Crippen molar-refractivity contribution in [3.05, 3.63) is 11.6 Å².